The zero-order valence-electron chi connectivity index (χ0n) is 40.6. The second kappa shape index (κ2) is 15.6. The van der Waals surface area contributed by atoms with Gasteiger partial charge in [0.25, 0.3) is 0 Å². The Morgan fingerprint density at radius 2 is 0.577 bits per heavy atom. The first kappa shape index (κ1) is 42.0. The summed E-state index contributed by atoms with van der Waals surface area (Å²) in [5.41, 5.74) is 25.7. The van der Waals surface area contributed by atoms with E-state index in [-0.39, 0.29) is 0 Å². The zero-order valence-corrected chi connectivity index (χ0v) is 42.6. The van der Waals surface area contributed by atoms with Crippen LogP contribution in [0.3, 0.4) is 0 Å². The van der Waals surface area contributed by atoms with Gasteiger partial charge in [0.1, 0.15) is 16.1 Å². The van der Waals surface area contributed by atoms with Crippen molar-refractivity contribution in [2.75, 3.05) is 0 Å². The van der Waals surface area contributed by atoms with Crippen LogP contribution in [0.25, 0.3) is 91.1 Å². The Kier molecular flexibility index (Phi) is 9.21. The van der Waals surface area contributed by atoms with Crippen LogP contribution in [-0.4, -0.2) is 16.1 Å². The van der Waals surface area contributed by atoms with Crippen molar-refractivity contribution < 1.29 is 0 Å². The van der Waals surface area contributed by atoms with Gasteiger partial charge in [-0.3, -0.25) is 0 Å². The highest BCUT2D eigenvalue weighted by atomic mass is 28.3. The lowest BCUT2D eigenvalue weighted by Gasteiger charge is -2.30. The van der Waals surface area contributed by atoms with E-state index in [0.29, 0.717) is 0 Å². The van der Waals surface area contributed by atoms with Crippen LogP contribution in [0.15, 0.2) is 218 Å². The molecule has 71 heavy (non-hydrogen) atoms. The predicted molar refractivity (Wildman–Crippen MR) is 309 cm³/mol. The van der Waals surface area contributed by atoms with Crippen molar-refractivity contribution in [2.24, 2.45) is 0 Å². The Morgan fingerprint density at radius 3 is 1.01 bits per heavy atom. The molecule has 0 saturated carbocycles. The van der Waals surface area contributed by atoms with Gasteiger partial charge in [0.15, 0.2) is 0 Å². The van der Waals surface area contributed by atoms with E-state index in [1.165, 1.54) is 111 Å². The van der Waals surface area contributed by atoms with Gasteiger partial charge >= 0.3 is 0 Å². The third kappa shape index (κ3) is 6.21. The SMILES string of the molecule is C[Si]1(C)c2ccccc2-c2cc(-c3ccc(C=Cc4ccc5c(c4)C4(c6ccccc6-c6ccccc64)c4cc(C=Cc6ccc(-c7ccc8c(c7)-c7ccccc7[Si]8(C)C)cc6)ccc4-5)cc3)ccc21. The van der Waals surface area contributed by atoms with E-state index in [9.17, 15) is 0 Å². The van der Waals surface area contributed by atoms with Crippen molar-refractivity contribution >= 4 is 61.2 Å². The van der Waals surface area contributed by atoms with Crippen LogP contribution >= 0.6 is 0 Å². The molecule has 0 atom stereocenters. The first-order chi connectivity index (χ1) is 34.7. The van der Waals surface area contributed by atoms with Crippen LogP contribution in [0.4, 0.5) is 0 Å². The highest BCUT2D eigenvalue weighted by molar-refractivity contribution is 7.04. The summed E-state index contributed by atoms with van der Waals surface area (Å²) in [6.07, 6.45) is 9.13. The minimum atomic E-state index is -1.68. The molecule has 4 aliphatic rings. The van der Waals surface area contributed by atoms with Gasteiger partial charge in [0.05, 0.1) is 5.41 Å². The molecule has 14 rings (SSSR count). The highest BCUT2D eigenvalue weighted by Gasteiger charge is 2.51. The number of hydrogen-bond donors (Lipinski definition) is 0. The van der Waals surface area contributed by atoms with Crippen LogP contribution in [0.2, 0.25) is 26.2 Å². The molecule has 2 aliphatic heterocycles. The van der Waals surface area contributed by atoms with Gasteiger partial charge in [0.2, 0.25) is 0 Å². The van der Waals surface area contributed by atoms with Gasteiger partial charge < -0.3 is 0 Å². The Morgan fingerprint density at radius 1 is 0.254 bits per heavy atom. The molecule has 1 spiro atoms. The fourth-order valence-electron chi connectivity index (χ4n) is 13.1. The first-order valence-corrected chi connectivity index (χ1v) is 31.2. The molecule has 0 radical (unpaired) electrons. The maximum atomic E-state index is 2.48. The second-order valence-electron chi connectivity index (χ2n) is 21.2. The summed E-state index contributed by atoms with van der Waals surface area (Å²) in [6.45, 7) is 9.93. The van der Waals surface area contributed by atoms with E-state index in [0.717, 1.165) is 0 Å². The maximum Gasteiger partial charge on any atom is 0.113 e. The lowest BCUT2D eigenvalue weighted by Crippen LogP contribution is -2.49. The number of fused-ring (bicyclic) bond motifs is 16. The minimum Gasteiger partial charge on any atom is -0.0623 e. The standard InChI is InChI=1S/C69H52Si2/c1-70(2)65-19-11-7-15-57(65)59-43-51(35-39-67(59)70)49-31-25-45(26-32-49)21-23-47-29-37-55-56-38-30-48(42-64(56)69(63(55)41-47)61-17-9-5-13-53(61)54-14-6-10-18-62(54)69)24-22-46-27-33-50(34-28-46)52-36-40-68-60(44-52)58-16-8-12-20-66(58)71(68,3)4/h5-44H,1-4H3. The molecule has 2 aliphatic carbocycles. The fraction of sp³-hybridized carbons (Fsp3) is 0.0725. The normalized spacial score (nSPS) is 15.3. The summed E-state index contributed by atoms with van der Waals surface area (Å²) in [7, 11) is -3.36. The molecular formula is C69H52Si2. The maximum absolute atomic E-state index is 2.48. The van der Waals surface area contributed by atoms with E-state index in [4.69, 9.17) is 0 Å². The molecule has 0 aromatic heterocycles. The smallest absolute Gasteiger partial charge is 0.0623 e. The van der Waals surface area contributed by atoms with Crippen molar-refractivity contribution in [1.29, 1.82) is 0 Å². The van der Waals surface area contributed by atoms with Gasteiger partial charge in [-0.1, -0.05) is 245 Å². The van der Waals surface area contributed by atoms with E-state index in [1.54, 1.807) is 20.7 Å². The lowest BCUT2D eigenvalue weighted by molar-refractivity contribution is 0.793. The van der Waals surface area contributed by atoms with Crippen molar-refractivity contribution in [3.63, 3.8) is 0 Å². The third-order valence-corrected chi connectivity index (χ3v) is 23.9. The van der Waals surface area contributed by atoms with Gasteiger partial charge in [-0.05, 0) is 156 Å². The lowest BCUT2D eigenvalue weighted by atomic mass is 9.70. The van der Waals surface area contributed by atoms with Crippen LogP contribution < -0.4 is 20.7 Å². The van der Waals surface area contributed by atoms with Gasteiger partial charge in [0, 0.05) is 0 Å². The molecule has 0 amide bonds. The quantitative estimate of drug-likeness (QED) is 0.115. The van der Waals surface area contributed by atoms with Crippen molar-refractivity contribution in [3.8, 4) is 66.8 Å². The summed E-state index contributed by atoms with van der Waals surface area (Å²) in [6, 6.07) is 83.0. The highest BCUT2D eigenvalue weighted by Crippen LogP contribution is 2.63. The molecule has 10 aromatic rings. The molecule has 0 N–H and O–H groups in total. The summed E-state index contributed by atoms with van der Waals surface area (Å²) in [5.74, 6) is 0. The topological polar surface area (TPSA) is 0 Å². The molecule has 0 fully saturated rings. The van der Waals surface area contributed by atoms with Crippen LogP contribution in [0.5, 0.6) is 0 Å². The van der Waals surface area contributed by atoms with Crippen molar-refractivity contribution in [3.05, 3.63) is 263 Å². The number of rotatable bonds is 6. The van der Waals surface area contributed by atoms with E-state index in [1.807, 2.05) is 0 Å². The molecule has 0 saturated heterocycles. The van der Waals surface area contributed by atoms with Crippen LogP contribution in [-0.2, 0) is 5.41 Å². The molecule has 336 valence electrons. The average Bonchev–Trinajstić information content (AvgIpc) is 4.04. The summed E-state index contributed by atoms with van der Waals surface area (Å²) in [4.78, 5) is 0. The average molecular weight is 937 g/mol. The number of hydrogen-bond acceptors (Lipinski definition) is 0. The summed E-state index contributed by atoms with van der Waals surface area (Å²) in [5, 5.41) is 6.19. The van der Waals surface area contributed by atoms with Gasteiger partial charge in [-0.15, -0.1) is 0 Å². The van der Waals surface area contributed by atoms with Crippen molar-refractivity contribution in [2.45, 2.75) is 31.6 Å². The fourth-order valence-corrected chi connectivity index (χ4v) is 19.3. The Labute approximate surface area is 420 Å². The molecule has 0 bridgehead atoms. The summed E-state index contributed by atoms with van der Waals surface area (Å²) >= 11 is 0. The largest absolute Gasteiger partial charge is 0.113 e. The molecule has 2 heterocycles. The van der Waals surface area contributed by atoms with Gasteiger partial charge in [-0.2, -0.15) is 0 Å². The monoisotopic (exact) mass is 936 g/mol. The molecule has 0 unspecified atom stereocenters. The molecule has 2 heteroatoms. The minimum absolute atomic E-state index is 0.434. The van der Waals surface area contributed by atoms with E-state index in [2.05, 4.69) is 269 Å². The Balaban J connectivity index is 0.781. The number of benzene rings is 10. The molecular weight excluding hydrogens is 885 g/mol. The third-order valence-electron chi connectivity index (χ3n) is 16.7. The Bertz CT molecular complexity index is 3660. The van der Waals surface area contributed by atoms with Crippen LogP contribution in [0, 0.1) is 0 Å². The van der Waals surface area contributed by atoms with Crippen molar-refractivity contribution in [1.82, 2.24) is 0 Å². The zero-order chi connectivity index (χ0) is 47.6. The second-order valence-corrected chi connectivity index (χ2v) is 29.9. The van der Waals surface area contributed by atoms with Crippen LogP contribution in [0.1, 0.15) is 44.5 Å². The molecule has 0 nitrogen and oxygen atoms in total. The summed E-state index contributed by atoms with van der Waals surface area (Å²) < 4.78 is 0. The predicted octanol–water partition coefficient (Wildman–Crippen LogP) is 15.3. The van der Waals surface area contributed by atoms with E-state index < -0.39 is 21.6 Å². The van der Waals surface area contributed by atoms with E-state index >= 15 is 0 Å². The first-order valence-electron chi connectivity index (χ1n) is 25.2. The molecule has 10 aromatic carbocycles. The van der Waals surface area contributed by atoms with Gasteiger partial charge in [-0.25, -0.2) is 0 Å². The Hall–Kier alpha value is -7.89.